The second-order valence-corrected chi connectivity index (χ2v) is 12.7. The molecule has 1 N–H and O–H groups in total. The maximum atomic E-state index is 12.2. The van der Waals surface area contributed by atoms with Gasteiger partial charge in [0.1, 0.15) is 5.75 Å². The van der Waals surface area contributed by atoms with E-state index in [9.17, 15) is 4.79 Å². The van der Waals surface area contributed by atoms with Gasteiger partial charge in [0.15, 0.2) is 34.5 Å². The van der Waals surface area contributed by atoms with Gasteiger partial charge < -0.3 is 38.6 Å². The Kier molecular flexibility index (Phi) is 10.2. The van der Waals surface area contributed by atoms with Gasteiger partial charge in [0.25, 0.3) is 0 Å². The van der Waals surface area contributed by atoms with Crippen LogP contribution < -0.4 is 33.7 Å². The molecule has 0 fully saturated rings. The lowest BCUT2D eigenvalue weighted by Gasteiger charge is -2.35. The van der Waals surface area contributed by atoms with Crippen molar-refractivity contribution in [2.45, 2.75) is 38.8 Å². The minimum absolute atomic E-state index is 0.0298. The molecule has 4 aromatic rings. The Bertz CT molecular complexity index is 1830. The van der Waals surface area contributed by atoms with E-state index < -0.39 is 6.09 Å². The average molecular weight is 668 g/mol. The number of fused-ring (bicyclic) bond motifs is 2. The lowest BCUT2D eigenvalue weighted by atomic mass is 9.88. The molecule has 0 spiro atoms. The molecule has 258 valence electrons. The van der Waals surface area contributed by atoms with Crippen LogP contribution in [0.15, 0.2) is 60.7 Å². The van der Waals surface area contributed by atoms with Crippen molar-refractivity contribution in [2.24, 2.45) is 0 Å². The number of likely N-dealkylation sites (N-methyl/N-ethyl adjacent to an activating group) is 2. The Morgan fingerprint density at radius 1 is 0.776 bits per heavy atom. The zero-order valence-corrected chi connectivity index (χ0v) is 29.3. The van der Waals surface area contributed by atoms with Gasteiger partial charge in [0.05, 0.1) is 21.3 Å². The summed E-state index contributed by atoms with van der Waals surface area (Å²) < 4.78 is 36.2. The van der Waals surface area contributed by atoms with Gasteiger partial charge in [0, 0.05) is 38.3 Å². The molecule has 6 rings (SSSR count). The van der Waals surface area contributed by atoms with Gasteiger partial charge in [-0.3, -0.25) is 4.90 Å². The highest BCUT2D eigenvalue weighted by Gasteiger charge is 2.30. The molecule has 10 nitrogen and oxygen atoms in total. The molecule has 0 bridgehead atoms. The number of nitrogens with zero attached hydrogens (tertiary/aromatic N) is 2. The number of carbonyl (C=O) groups excluding carboxylic acids is 1. The molecule has 0 aromatic heterocycles. The molecule has 10 heteroatoms. The van der Waals surface area contributed by atoms with Crippen LogP contribution in [-0.2, 0) is 25.8 Å². The Labute approximate surface area is 288 Å². The molecule has 2 heterocycles. The monoisotopic (exact) mass is 667 g/mol. The van der Waals surface area contributed by atoms with Crippen LogP contribution in [-0.4, -0.2) is 71.5 Å². The van der Waals surface area contributed by atoms with Crippen molar-refractivity contribution < 1.29 is 33.2 Å². The van der Waals surface area contributed by atoms with Crippen molar-refractivity contribution in [3.63, 3.8) is 0 Å². The Hall–Kier alpha value is -4.93. The third kappa shape index (κ3) is 7.25. The summed E-state index contributed by atoms with van der Waals surface area (Å²) in [5.41, 5.74) is 6.79. The summed E-state index contributed by atoms with van der Waals surface area (Å²) in [6.07, 6.45) is 1.88. The summed E-state index contributed by atoms with van der Waals surface area (Å²) in [5, 5.41) is 2.51. The summed E-state index contributed by atoms with van der Waals surface area (Å²) in [7, 11) is 10.7. The fourth-order valence-corrected chi connectivity index (χ4v) is 6.62. The summed E-state index contributed by atoms with van der Waals surface area (Å²) in [4.78, 5) is 16.8. The van der Waals surface area contributed by atoms with Crippen molar-refractivity contribution in [1.29, 1.82) is 0 Å². The maximum Gasteiger partial charge on any atom is 0.412 e. The molecule has 0 unspecified atom stereocenters. The van der Waals surface area contributed by atoms with E-state index in [-0.39, 0.29) is 6.04 Å². The minimum Gasteiger partial charge on any atom is -0.493 e. The van der Waals surface area contributed by atoms with Crippen LogP contribution in [0.25, 0.3) is 0 Å². The first-order chi connectivity index (χ1) is 23.7. The smallest absolute Gasteiger partial charge is 0.412 e. The average Bonchev–Trinajstić information content (AvgIpc) is 3.11. The van der Waals surface area contributed by atoms with Gasteiger partial charge >= 0.3 is 6.09 Å². The topological polar surface area (TPSA) is 91.0 Å². The number of amides is 1. The zero-order chi connectivity index (χ0) is 34.7. The molecule has 4 aromatic carbocycles. The number of ether oxygens (including phenoxy) is 6. The van der Waals surface area contributed by atoms with E-state index in [1.165, 1.54) is 18.2 Å². The van der Waals surface area contributed by atoms with Crippen LogP contribution in [0.4, 0.5) is 4.79 Å². The number of methoxy groups -OCH3 is 3. The van der Waals surface area contributed by atoms with Crippen molar-refractivity contribution in [2.75, 3.05) is 55.6 Å². The summed E-state index contributed by atoms with van der Waals surface area (Å²) in [6, 6.07) is 19.8. The normalized spacial score (nSPS) is 15.9. The lowest BCUT2D eigenvalue weighted by Crippen LogP contribution is -2.33. The first-order valence-corrected chi connectivity index (χ1v) is 16.5. The Morgan fingerprint density at radius 3 is 2.20 bits per heavy atom. The van der Waals surface area contributed by atoms with Crippen LogP contribution in [0, 0.1) is 6.92 Å². The van der Waals surface area contributed by atoms with E-state index in [0.29, 0.717) is 52.4 Å². The van der Waals surface area contributed by atoms with E-state index >= 15 is 0 Å². The molecule has 0 radical (unpaired) electrons. The van der Waals surface area contributed by atoms with Crippen LogP contribution in [0.1, 0.15) is 39.4 Å². The van der Waals surface area contributed by atoms with E-state index in [1.54, 1.807) is 27.4 Å². The van der Waals surface area contributed by atoms with E-state index in [4.69, 9.17) is 28.4 Å². The molecular weight excluding hydrogens is 622 g/mol. The first kappa shape index (κ1) is 34.0. The number of nitrogens with one attached hydrogen (secondary N) is 1. The Morgan fingerprint density at radius 2 is 1.49 bits per heavy atom. The number of hydrogen-bond donors (Lipinski definition) is 1. The molecule has 1 amide bonds. The number of hydrogen-bond acceptors (Lipinski definition) is 9. The zero-order valence-electron chi connectivity index (χ0n) is 29.3. The van der Waals surface area contributed by atoms with E-state index in [2.05, 4.69) is 47.4 Å². The molecule has 1 atom stereocenters. The third-order valence-electron chi connectivity index (χ3n) is 9.37. The van der Waals surface area contributed by atoms with E-state index in [0.717, 1.165) is 54.7 Å². The quantitative estimate of drug-likeness (QED) is 0.191. The van der Waals surface area contributed by atoms with Crippen LogP contribution in [0.2, 0.25) is 0 Å². The highest BCUT2D eigenvalue weighted by molar-refractivity contribution is 5.71. The number of benzene rings is 4. The van der Waals surface area contributed by atoms with Gasteiger partial charge in [0.2, 0.25) is 5.75 Å². The predicted molar refractivity (Wildman–Crippen MR) is 188 cm³/mol. The van der Waals surface area contributed by atoms with Crippen LogP contribution >= 0.6 is 0 Å². The second-order valence-electron chi connectivity index (χ2n) is 12.7. The van der Waals surface area contributed by atoms with Gasteiger partial charge in [-0.2, -0.15) is 0 Å². The van der Waals surface area contributed by atoms with E-state index in [1.807, 2.05) is 43.3 Å². The Balaban J connectivity index is 1.37. The molecule has 49 heavy (non-hydrogen) atoms. The second kappa shape index (κ2) is 14.7. The van der Waals surface area contributed by atoms with Crippen LogP contribution in [0.5, 0.6) is 46.0 Å². The minimum atomic E-state index is -0.565. The first-order valence-electron chi connectivity index (χ1n) is 16.5. The summed E-state index contributed by atoms with van der Waals surface area (Å²) in [6.45, 7) is 4.59. The van der Waals surface area contributed by atoms with Crippen molar-refractivity contribution in [3.8, 4) is 46.0 Å². The molecule has 0 saturated heterocycles. The SMILES string of the molecule is CNC(=O)Oc1ccc(C[C@@H]2c3cc(Oc4c5c(cc(OC)c4OC)CCN(C)C5)c(OC)cc3CCN2C)cc1Oc1ccc(C)cc1. The molecule has 0 aliphatic carbocycles. The van der Waals surface area contributed by atoms with Crippen molar-refractivity contribution in [1.82, 2.24) is 15.1 Å². The fourth-order valence-electron chi connectivity index (χ4n) is 6.62. The number of carbonyl (C=O) groups is 1. The largest absolute Gasteiger partial charge is 0.493 e. The van der Waals surface area contributed by atoms with Gasteiger partial charge in [-0.1, -0.05) is 23.8 Å². The summed E-state index contributed by atoms with van der Waals surface area (Å²) in [5.74, 6) is 4.57. The van der Waals surface area contributed by atoms with Gasteiger partial charge in [-0.05, 0) is 105 Å². The van der Waals surface area contributed by atoms with Crippen molar-refractivity contribution >= 4 is 6.09 Å². The molecular formula is C39H45N3O7. The standard InChI is InChI=1S/C39H45N3O7/c1-24-8-11-28(12-9-24)47-34-19-25(10-13-32(34)49-39(43)40-2)18-31-29-22-35(33(44-5)20-26(29)15-17-42(31)4)48-37-30-23-41(3)16-14-27(30)21-36(45-6)38(37)46-7/h8-13,19-22,31H,14-18,23H2,1-7H3,(H,40,43)/t31-/m1/s1. The highest BCUT2D eigenvalue weighted by Crippen LogP contribution is 2.49. The molecule has 2 aliphatic rings. The lowest BCUT2D eigenvalue weighted by molar-refractivity contribution is 0.201. The van der Waals surface area contributed by atoms with Crippen molar-refractivity contribution in [3.05, 3.63) is 94.0 Å². The highest BCUT2D eigenvalue weighted by atomic mass is 16.6. The fraction of sp³-hybridized carbons (Fsp3) is 0.359. The van der Waals surface area contributed by atoms with Gasteiger partial charge in [-0.25, -0.2) is 4.79 Å². The molecule has 0 saturated carbocycles. The third-order valence-corrected chi connectivity index (χ3v) is 9.37. The maximum absolute atomic E-state index is 12.2. The van der Waals surface area contributed by atoms with Crippen LogP contribution in [0.3, 0.4) is 0 Å². The number of aryl methyl sites for hydroxylation is 1. The number of rotatable bonds is 10. The predicted octanol–water partition coefficient (Wildman–Crippen LogP) is 7.08. The summed E-state index contributed by atoms with van der Waals surface area (Å²) >= 11 is 0. The van der Waals surface area contributed by atoms with Gasteiger partial charge in [-0.15, -0.1) is 0 Å². The molecule has 2 aliphatic heterocycles.